The van der Waals surface area contributed by atoms with Gasteiger partial charge < -0.3 is 9.88 Å². The normalized spacial score (nSPS) is 23.4. The Morgan fingerprint density at radius 1 is 1.69 bits per heavy atom. The second-order valence-electron chi connectivity index (χ2n) is 3.96. The maximum absolute atomic E-state index is 4.57. The summed E-state index contributed by atoms with van der Waals surface area (Å²) in [6, 6.07) is 0.598. The molecule has 0 bridgehead atoms. The number of rotatable bonds is 3. The van der Waals surface area contributed by atoms with Gasteiger partial charge in [-0.25, -0.2) is 4.98 Å². The van der Waals surface area contributed by atoms with E-state index in [2.05, 4.69) is 22.2 Å². The molecule has 1 aliphatic heterocycles. The first-order chi connectivity index (χ1) is 7.79. The van der Waals surface area contributed by atoms with Gasteiger partial charge in [-0.3, -0.25) is 4.99 Å². The summed E-state index contributed by atoms with van der Waals surface area (Å²) >= 11 is 1.81. The molecule has 1 N–H and O–H groups in total. The summed E-state index contributed by atoms with van der Waals surface area (Å²) < 4.78 is 2.01. The highest BCUT2D eigenvalue weighted by Crippen LogP contribution is 2.16. The molecule has 0 saturated carbocycles. The van der Waals surface area contributed by atoms with Crippen molar-refractivity contribution in [3.05, 3.63) is 18.2 Å². The van der Waals surface area contributed by atoms with Crippen molar-refractivity contribution in [1.82, 2.24) is 14.9 Å². The monoisotopic (exact) mass is 238 g/mol. The Morgan fingerprint density at radius 2 is 2.56 bits per heavy atom. The molecule has 88 valence electrons. The molecule has 2 heterocycles. The van der Waals surface area contributed by atoms with Crippen LogP contribution >= 0.6 is 11.8 Å². The van der Waals surface area contributed by atoms with Crippen LogP contribution in [0.5, 0.6) is 0 Å². The number of nitrogens with zero attached hydrogens (tertiary/aromatic N) is 3. The number of amidine groups is 1. The minimum Gasteiger partial charge on any atom is -0.362 e. The van der Waals surface area contributed by atoms with E-state index in [4.69, 9.17) is 0 Å². The van der Waals surface area contributed by atoms with Crippen molar-refractivity contribution in [1.29, 1.82) is 0 Å². The molecular formula is C11H18N4S. The number of hydrogen-bond acceptors (Lipinski definition) is 3. The van der Waals surface area contributed by atoms with Crippen molar-refractivity contribution in [2.75, 3.05) is 5.75 Å². The predicted molar refractivity (Wildman–Crippen MR) is 68.6 cm³/mol. The fourth-order valence-corrected chi connectivity index (χ4v) is 2.68. The lowest BCUT2D eigenvalue weighted by Crippen LogP contribution is -2.37. The maximum Gasteiger partial charge on any atom is 0.157 e. The van der Waals surface area contributed by atoms with Crippen LogP contribution in [0, 0.1) is 0 Å². The van der Waals surface area contributed by atoms with Crippen LogP contribution in [-0.2, 0) is 13.6 Å². The Bertz CT molecular complexity index is 372. The molecule has 16 heavy (non-hydrogen) atoms. The quantitative estimate of drug-likeness (QED) is 0.873. The number of imidazole rings is 1. The molecule has 0 radical (unpaired) electrons. The Balaban J connectivity index is 1.94. The number of aromatic nitrogens is 2. The molecule has 1 unspecified atom stereocenters. The number of aliphatic imine (C=N–C) groups is 1. The molecular weight excluding hydrogens is 220 g/mol. The van der Waals surface area contributed by atoms with E-state index in [0.717, 1.165) is 11.0 Å². The summed E-state index contributed by atoms with van der Waals surface area (Å²) in [5.74, 6) is 2.18. The van der Waals surface area contributed by atoms with Gasteiger partial charge in [0.05, 0.1) is 6.54 Å². The number of aryl methyl sites for hydroxylation is 1. The van der Waals surface area contributed by atoms with Crippen LogP contribution in [0.15, 0.2) is 17.4 Å². The Hall–Kier alpha value is -0.970. The lowest BCUT2D eigenvalue weighted by atomic mass is 10.2. The van der Waals surface area contributed by atoms with E-state index in [1.54, 1.807) is 0 Å². The third-order valence-corrected chi connectivity index (χ3v) is 3.77. The van der Waals surface area contributed by atoms with Crippen LogP contribution in [0.4, 0.5) is 0 Å². The molecule has 1 atom stereocenters. The van der Waals surface area contributed by atoms with E-state index in [0.29, 0.717) is 12.6 Å². The van der Waals surface area contributed by atoms with Gasteiger partial charge >= 0.3 is 0 Å². The second-order valence-corrected chi connectivity index (χ2v) is 5.05. The molecule has 0 aliphatic carbocycles. The molecule has 5 heteroatoms. The number of nitrogens with one attached hydrogen (secondary N) is 1. The van der Waals surface area contributed by atoms with E-state index in [9.17, 15) is 0 Å². The Morgan fingerprint density at radius 3 is 3.25 bits per heavy atom. The van der Waals surface area contributed by atoms with E-state index in [-0.39, 0.29) is 0 Å². The molecule has 1 aromatic heterocycles. The van der Waals surface area contributed by atoms with Gasteiger partial charge in [0.25, 0.3) is 0 Å². The van der Waals surface area contributed by atoms with Crippen LogP contribution < -0.4 is 5.32 Å². The van der Waals surface area contributed by atoms with E-state index < -0.39 is 0 Å². The maximum atomic E-state index is 4.57. The zero-order chi connectivity index (χ0) is 11.4. The van der Waals surface area contributed by atoms with Crippen molar-refractivity contribution < 1.29 is 0 Å². The number of hydrogen-bond donors (Lipinski definition) is 1. The SMILES string of the molecule is CCC1CCSC(=NCc2nccn2C)N1. The highest BCUT2D eigenvalue weighted by molar-refractivity contribution is 8.13. The van der Waals surface area contributed by atoms with Gasteiger partial charge in [0.2, 0.25) is 0 Å². The van der Waals surface area contributed by atoms with Crippen molar-refractivity contribution >= 4 is 16.9 Å². The summed E-state index contributed by atoms with van der Waals surface area (Å²) in [7, 11) is 2.00. The first-order valence-electron chi connectivity index (χ1n) is 5.69. The Labute approximate surface area is 101 Å². The lowest BCUT2D eigenvalue weighted by Gasteiger charge is -2.24. The molecule has 1 aliphatic rings. The van der Waals surface area contributed by atoms with Crippen molar-refractivity contribution in [3.63, 3.8) is 0 Å². The predicted octanol–water partition coefficient (Wildman–Crippen LogP) is 1.78. The molecule has 1 aromatic rings. The average molecular weight is 238 g/mol. The van der Waals surface area contributed by atoms with Gasteiger partial charge in [-0.05, 0) is 12.8 Å². The van der Waals surface area contributed by atoms with Gasteiger partial charge in [0.1, 0.15) is 5.82 Å². The molecule has 2 rings (SSSR count). The summed E-state index contributed by atoms with van der Waals surface area (Å²) in [5, 5.41) is 4.53. The minimum absolute atomic E-state index is 0.598. The molecule has 4 nitrogen and oxygen atoms in total. The van der Waals surface area contributed by atoms with Crippen molar-refractivity contribution in [2.45, 2.75) is 32.4 Å². The third kappa shape index (κ3) is 2.78. The summed E-state index contributed by atoms with van der Waals surface area (Å²) in [4.78, 5) is 8.83. The van der Waals surface area contributed by atoms with Gasteiger partial charge in [0, 0.05) is 31.2 Å². The van der Waals surface area contributed by atoms with Gasteiger partial charge in [-0.2, -0.15) is 0 Å². The summed E-state index contributed by atoms with van der Waals surface area (Å²) in [6.45, 7) is 2.87. The smallest absolute Gasteiger partial charge is 0.157 e. The summed E-state index contributed by atoms with van der Waals surface area (Å²) in [6.07, 6.45) is 6.17. The first kappa shape index (κ1) is 11.5. The van der Waals surface area contributed by atoms with E-state index in [1.807, 2.05) is 35.8 Å². The minimum atomic E-state index is 0.598. The molecule has 0 aromatic carbocycles. The zero-order valence-electron chi connectivity index (χ0n) is 9.81. The van der Waals surface area contributed by atoms with Crippen molar-refractivity contribution in [3.8, 4) is 0 Å². The van der Waals surface area contributed by atoms with Gasteiger partial charge in [-0.15, -0.1) is 0 Å². The van der Waals surface area contributed by atoms with Crippen LogP contribution in [0.1, 0.15) is 25.6 Å². The fraction of sp³-hybridized carbons (Fsp3) is 0.636. The van der Waals surface area contributed by atoms with Crippen LogP contribution in [-0.4, -0.2) is 26.5 Å². The average Bonchev–Trinajstić information content (AvgIpc) is 2.72. The number of thioether (sulfide) groups is 1. The fourth-order valence-electron chi connectivity index (χ4n) is 1.68. The highest BCUT2D eigenvalue weighted by Gasteiger charge is 2.15. The molecule has 1 fully saturated rings. The molecule has 1 saturated heterocycles. The lowest BCUT2D eigenvalue weighted by molar-refractivity contribution is 0.570. The highest BCUT2D eigenvalue weighted by atomic mass is 32.2. The van der Waals surface area contributed by atoms with E-state index >= 15 is 0 Å². The van der Waals surface area contributed by atoms with Crippen LogP contribution in [0.2, 0.25) is 0 Å². The van der Waals surface area contributed by atoms with Gasteiger partial charge in [-0.1, -0.05) is 18.7 Å². The molecule has 0 spiro atoms. The van der Waals surface area contributed by atoms with Crippen LogP contribution in [0.25, 0.3) is 0 Å². The van der Waals surface area contributed by atoms with Crippen molar-refractivity contribution in [2.24, 2.45) is 12.0 Å². The first-order valence-corrected chi connectivity index (χ1v) is 6.68. The third-order valence-electron chi connectivity index (χ3n) is 2.81. The zero-order valence-corrected chi connectivity index (χ0v) is 10.6. The summed E-state index contributed by atoms with van der Waals surface area (Å²) in [5.41, 5.74) is 0. The largest absolute Gasteiger partial charge is 0.362 e. The van der Waals surface area contributed by atoms with Crippen LogP contribution in [0.3, 0.4) is 0 Å². The molecule has 0 amide bonds. The standard InChI is InChI=1S/C11H18N4S/c1-3-9-4-7-16-11(14-9)13-8-10-12-5-6-15(10)2/h5-6,9H,3-4,7-8H2,1-2H3,(H,13,14). The Kier molecular flexibility index (Phi) is 3.88. The van der Waals surface area contributed by atoms with E-state index in [1.165, 1.54) is 18.6 Å². The van der Waals surface area contributed by atoms with Gasteiger partial charge in [0.15, 0.2) is 5.17 Å². The second kappa shape index (κ2) is 5.39. The topological polar surface area (TPSA) is 42.2 Å².